The summed E-state index contributed by atoms with van der Waals surface area (Å²) in [6.45, 7) is 2.50. The number of carbonyl (C=O) groups excluding carboxylic acids is 1. The van der Waals surface area contributed by atoms with Crippen LogP contribution in [-0.4, -0.2) is 32.1 Å². The highest BCUT2D eigenvalue weighted by atomic mass is 35.5. The van der Waals surface area contributed by atoms with Crippen LogP contribution in [0.5, 0.6) is 0 Å². The van der Waals surface area contributed by atoms with Gasteiger partial charge in [0.1, 0.15) is 0 Å². The van der Waals surface area contributed by atoms with Crippen molar-refractivity contribution in [3.8, 4) is 0 Å². The first kappa shape index (κ1) is 23.9. The Morgan fingerprint density at radius 2 is 1.78 bits per heavy atom. The number of alkyl halides is 3. The Hall–Kier alpha value is -1.18. The van der Waals surface area contributed by atoms with Gasteiger partial charge >= 0.3 is 6.18 Å². The zero-order valence-corrected chi connectivity index (χ0v) is 16.6. The van der Waals surface area contributed by atoms with Crippen molar-refractivity contribution < 1.29 is 18.0 Å². The molecular formula is C18H26Cl2F3N3O. The molecule has 1 amide bonds. The van der Waals surface area contributed by atoms with Gasteiger partial charge in [-0.15, -0.1) is 24.8 Å². The van der Waals surface area contributed by atoms with E-state index in [2.05, 4.69) is 15.5 Å². The van der Waals surface area contributed by atoms with Gasteiger partial charge in [-0.2, -0.15) is 13.2 Å². The predicted molar refractivity (Wildman–Crippen MR) is 106 cm³/mol. The second kappa shape index (κ2) is 10.4. The van der Waals surface area contributed by atoms with Crippen LogP contribution < -0.4 is 15.5 Å². The lowest BCUT2D eigenvalue weighted by atomic mass is 10.1. The number of nitrogens with one attached hydrogen (secondary N) is 2. The van der Waals surface area contributed by atoms with Gasteiger partial charge in [0.05, 0.1) is 23.5 Å². The van der Waals surface area contributed by atoms with Crippen LogP contribution in [0.15, 0.2) is 18.2 Å². The molecule has 1 aromatic carbocycles. The first-order valence-electron chi connectivity index (χ1n) is 8.90. The zero-order valence-electron chi connectivity index (χ0n) is 15.0. The van der Waals surface area contributed by atoms with Gasteiger partial charge in [0.15, 0.2) is 0 Å². The molecule has 9 heteroatoms. The average molecular weight is 428 g/mol. The van der Waals surface area contributed by atoms with E-state index >= 15 is 0 Å². The fraction of sp³-hybridized carbons (Fsp3) is 0.611. The summed E-state index contributed by atoms with van der Waals surface area (Å²) in [5, 5.41) is 5.73. The number of benzene rings is 1. The minimum atomic E-state index is -4.43. The molecule has 1 aromatic rings. The molecule has 2 fully saturated rings. The standard InChI is InChI=1S/C18H24F3N3O.2ClH/c19-18(20,21)14-6-7-16(24-8-2-1-3-9-24)15(10-14)23-17(25)12-22-11-13-4-5-13;;/h6-7,10,13,22H,1-5,8-9,11-12H2,(H,23,25);2*1H. The molecule has 1 aliphatic carbocycles. The van der Waals surface area contributed by atoms with Gasteiger partial charge in [0, 0.05) is 13.1 Å². The Balaban J connectivity index is 0.00000182. The third kappa shape index (κ3) is 7.05. The van der Waals surface area contributed by atoms with Crippen molar-refractivity contribution in [3.63, 3.8) is 0 Å². The van der Waals surface area contributed by atoms with Gasteiger partial charge in [-0.25, -0.2) is 0 Å². The molecule has 0 radical (unpaired) electrons. The van der Waals surface area contributed by atoms with Crippen LogP contribution in [-0.2, 0) is 11.0 Å². The number of hydrogen-bond acceptors (Lipinski definition) is 3. The van der Waals surface area contributed by atoms with Gasteiger partial charge in [-0.05, 0) is 62.8 Å². The molecule has 1 heterocycles. The first-order chi connectivity index (χ1) is 11.9. The largest absolute Gasteiger partial charge is 0.416 e. The van der Waals surface area contributed by atoms with Crippen LogP contribution in [0, 0.1) is 5.92 Å². The fourth-order valence-electron chi connectivity index (χ4n) is 3.13. The van der Waals surface area contributed by atoms with Gasteiger partial charge in [-0.3, -0.25) is 4.79 Å². The molecule has 0 spiro atoms. The minimum absolute atomic E-state index is 0. The molecule has 2 aliphatic rings. The quantitative estimate of drug-likeness (QED) is 0.703. The number of piperidine rings is 1. The van der Waals surface area contributed by atoms with E-state index in [0.29, 0.717) is 11.6 Å². The molecule has 3 rings (SSSR count). The summed E-state index contributed by atoms with van der Waals surface area (Å²) in [5.74, 6) is 0.337. The zero-order chi connectivity index (χ0) is 17.9. The van der Waals surface area contributed by atoms with Crippen LogP contribution >= 0.6 is 24.8 Å². The maximum Gasteiger partial charge on any atom is 0.416 e. The Kier molecular flexibility index (Phi) is 9.18. The number of anilines is 2. The summed E-state index contributed by atoms with van der Waals surface area (Å²) in [6.07, 6.45) is 1.09. The average Bonchev–Trinajstić information content (AvgIpc) is 3.39. The van der Waals surface area contributed by atoms with Crippen molar-refractivity contribution >= 4 is 42.1 Å². The van der Waals surface area contributed by atoms with Gasteiger partial charge in [0.2, 0.25) is 5.91 Å². The van der Waals surface area contributed by atoms with Crippen molar-refractivity contribution in [2.45, 2.75) is 38.3 Å². The molecule has 154 valence electrons. The Bertz CT molecular complexity index is 618. The smallest absolute Gasteiger partial charge is 0.370 e. The number of nitrogens with zero attached hydrogens (tertiary/aromatic N) is 1. The topological polar surface area (TPSA) is 44.4 Å². The lowest BCUT2D eigenvalue weighted by Gasteiger charge is -2.31. The summed E-state index contributed by atoms with van der Waals surface area (Å²) >= 11 is 0. The number of amides is 1. The van der Waals surface area contributed by atoms with Crippen LogP contribution in [0.2, 0.25) is 0 Å². The molecule has 1 saturated carbocycles. The van der Waals surface area contributed by atoms with E-state index in [-0.39, 0.29) is 43.0 Å². The molecule has 0 bridgehead atoms. The maximum absolute atomic E-state index is 13.0. The van der Waals surface area contributed by atoms with Crippen molar-refractivity contribution in [2.24, 2.45) is 5.92 Å². The van der Waals surface area contributed by atoms with Crippen molar-refractivity contribution in [3.05, 3.63) is 23.8 Å². The molecule has 4 nitrogen and oxygen atoms in total. The fourth-order valence-corrected chi connectivity index (χ4v) is 3.13. The molecule has 2 N–H and O–H groups in total. The third-order valence-corrected chi connectivity index (χ3v) is 4.71. The second-order valence-electron chi connectivity index (χ2n) is 6.90. The number of hydrogen-bond donors (Lipinski definition) is 2. The van der Waals surface area contributed by atoms with E-state index in [1.807, 2.05) is 0 Å². The second-order valence-corrected chi connectivity index (χ2v) is 6.90. The van der Waals surface area contributed by atoms with E-state index in [9.17, 15) is 18.0 Å². The van der Waals surface area contributed by atoms with Crippen LogP contribution in [0.25, 0.3) is 0 Å². The number of carbonyl (C=O) groups is 1. The normalized spacial score (nSPS) is 16.9. The Labute approximate surface area is 170 Å². The lowest BCUT2D eigenvalue weighted by molar-refractivity contribution is -0.137. The van der Waals surface area contributed by atoms with Gasteiger partial charge < -0.3 is 15.5 Å². The van der Waals surface area contributed by atoms with E-state index in [4.69, 9.17) is 0 Å². The van der Waals surface area contributed by atoms with Crippen LogP contribution in [0.1, 0.15) is 37.7 Å². The summed E-state index contributed by atoms with van der Waals surface area (Å²) in [5.41, 5.74) is 0.174. The van der Waals surface area contributed by atoms with Gasteiger partial charge in [-0.1, -0.05) is 0 Å². The van der Waals surface area contributed by atoms with Crippen molar-refractivity contribution in [1.82, 2.24) is 5.32 Å². The lowest BCUT2D eigenvalue weighted by Crippen LogP contribution is -2.32. The summed E-state index contributed by atoms with van der Waals surface area (Å²) in [4.78, 5) is 14.2. The van der Waals surface area contributed by atoms with E-state index in [1.54, 1.807) is 0 Å². The SMILES string of the molecule is Cl.Cl.O=C(CNCC1CC1)Nc1cc(C(F)(F)F)ccc1N1CCCCC1. The third-order valence-electron chi connectivity index (χ3n) is 4.71. The van der Waals surface area contributed by atoms with E-state index < -0.39 is 11.7 Å². The molecule has 0 atom stereocenters. The number of rotatable bonds is 6. The highest BCUT2D eigenvalue weighted by Crippen LogP contribution is 2.36. The molecule has 1 saturated heterocycles. The molecule has 0 aromatic heterocycles. The molecule has 0 unspecified atom stereocenters. The van der Waals surface area contributed by atoms with Crippen molar-refractivity contribution in [2.75, 3.05) is 36.4 Å². The molecule has 27 heavy (non-hydrogen) atoms. The highest BCUT2D eigenvalue weighted by Gasteiger charge is 2.32. The predicted octanol–water partition coefficient (Wildman–Crippen LogP) is 4.48. The molecule has 1 aliphatic heterocycles. The highest BCUT2D eigenvalue weighted by molar-refractivity contribution is 5.95. The van der Waals surface area contributed by atoms with E-state index in [0.717, 1.165) is 51.0 Å². The molecular weight excluding hydrogens is 402 g/mol. The Morgan fingerprint density at radius 3 is 2.37 bits per heavy atom. The summed E-state index contributed by atoms with van der Waals surface area (Å²) < 4.78 is 39.1. The minimum Gasteiger partial charge on any atom is -0.370 e. The van der Waals surface area contributed by atoms with Crippen molar-refractivity contribution in [1.29, 1.82) is 0 Å². The van der Waals surface area contributed by atoms with Crippen LogP contribution in [0.3, 0.4) is 0 Å². The summed E-state index contributed by atoms with van der Waals surface area (Å²) in [6, 6.07) is 3.61. The van der Waals surface area contributed by atoms with Gasteiger partial charge in [0.25, 0.3) is 0 Å². The van der Waals surface area contributed by atoms with Crippen LogP contribution in [0.4, 0.5) is 24.5 Å². The maximum atomic E-state index is 13.0. The van der Waals surface area contributed by atoms with E-state index in [1.165, 1.54) is 18.9 Å². The Morgan fingerprint density at radius 1 is 1.11 bits per heavy atom. The summed E-state index contributed by atoms with van der Waals surface area (Å²) in [7, 11) is 0. The number of halogens is 5. The first-order valence-corrected chi connectivity index (χ1v) is 8.90. The monoisotopic (exact) mass is 427 g/mol.